The van der Waals surface area contributed by atoms with E-state index in [0.29, 0.717) is 6.42 Å². The van der Waals surface area contributed by atoms with Crippen molar-refractivity contribution < 1.29 is 19.1 Å². The van der Waals surface area contributed by atoms with E-state index in [9.17, 15) is 9.59 Å². The summed E-state index contributed by atoms with van der Waals surface area (Å²) in [6.07, 6.45) is 0.405. The Labute approximate surface area is 109 Å². The minimum absolute atomic E-state index is 0.158. The molecule has 5 nitrogen and oxygen atoms in total. The third-order valence-electron chi connectivity index (χ3n) is 2.04. The van der Waals surface area contributed by atoms with Crippen LogP contribution in [-0.4, -0.2) is 36.7 Å². The fourth-order valence-corrected chi connectivity index (χ4v) is 1.35. The first-order valence-corrected chi connectivity index (χ1v) is 6.25. The molecule has 0 aromatic heterocycles. The Morgan fingerprint density at radius 3 is 2.17 bits per heavy atom. The minimum Gasteiger partial charge on any atom is -0.462 e. The van der Waals surface area contributed by atoms with Gasteiger partial charge in [-0.25, -0.2) is 0 Å². The number of carbonyl (C=O) groups excluding carboxylic acids is 2. The van der Waals surface area contributed by atoms with Crippen molar-refractivity contribution in [2.75, 3.05) is 7.05 Å². The van der Waals surface area contributed by atoms with Gasteiger partial charge in [0.25, 0.3) is 0 Å². The van der Waals surface area contributed by atoms with Crippen LogP contribution in [0.4, 0.5) is 0 Å². The summed E-state index contributed by atoms with van der Waals surface area (Å²) in [5.74, 6) is -0.642. The lowest BCUT2D eigenvalue weighted by Crippen LogP contribution is -2.37. The average Bonchev–Trinajstić information content (AvgIpc) is 2.14. The standard InChI is InChI=1S/C13H25NO4/c1-9(2)17-12(16)10(14-6)7-8-11(15)18-13(3,4)5/h9-10,14H,7-8H2,1-6H3/t10-/m0/s1. The molecule has 1 atom stereocenters. The van der Waals surface area contributed by atoms with Gasteiger partial charge in [0.15, 0.2) is 0 Å². The molecular weight excluding hydrogens is 234 g/mol. The molecule has 0 heterocycles. The number of nitrogens with one attached hydrogen (secondary N) is 1. The molecule has 0 bridgehead atoms. The first-order chi connectivity index (χ1) is 8.15. The van der Waals surface area contributed by atoms with Crippen molar-refractivity contribution >= 4 is 11.9 Å². The topological polar surface area (TPSA) is 64.6 Å². The summed E-state index contributed by atoms with van der Waals surface area (Å²) < 4.78 is 10.3. The largest absolute Gasteiger partial charge is 0.462 e. The number of rotatable bonds is 6. The molecule has 0 aromatic rings. The Kier molecular flexibility index (Phi) is 6.91. The second-order valence-corrected chi connectivity index (χ2v) is 5.45. The summed E-state index contributed by atoms with van der Waals surface area (Å²) in [5, 5.41) is 2.84. The van der Waals surface area contributed by atoms with Gasteiger partial charge in [-0.1, -0.05) is 0 Å². The fraction of sp³-hybridized carbons (Fsp3) is 0.846. The minimum atomic E-state index is -0.495. The van der Waals surface area contributed by atoms with E-state index < -0.39 is 11.6 Å². The van der Waals surface area contributed by atoms with Crippen molar-refractivity contribution in [3.05, 3.63) is 0 Å². The maximum atomic E-state index is 11.6. The molecule has 1 N–H and O–H groups in total. The Morgan fingerprint density at radius 1 is 1.22 bits per heavy atom. The zero-order valence-corrected chi connectivity index (χ0v) is 12.2. The third kappa shape index (κ3) is 8.06. The predicted octanol–water partition coefficient (Wildman–Crippen LogP) is 1.65. The van der Waals surface area contributed by atoms with Crippen LogP contribution in [0.2, 0.25) is 0 Å². The lowest BCUT2D eigenvalue weighted by Gasteiger charge is -2.21. The van der Waals surface area contributed by atoms with Gasteiger partial charge in [0.2, 0.25) is 0 Å². The Balaban J connectivity index is 4.15. The molecule has 0 aliphatic rings. The van der Waals surface area contributed by atoms with Crippen molar-refractivity contribution in [2.24, 2.45) is 0 Å². The molecule has 0 aliphatic carbocycles. The SMILES string of the molecule is CN[C@@H](CCC(=O)OC(C)(C)C)C(=O)OC(C)C. The van der Waals surface area contributed by atoms with E-state index in [1.54, 1.807) is 20.9 Å². The van der Waals surface area contributed by atoms with Crippen LogP contribution in [0.25, 0.3) is 0 Å². The van der Waals surface area contributed by atoms with Gasteiger partial charge in [-0.2, -0.15) is 0 Å². The van der Waals surface area contributed by atoms with Crippen molar-refractivity contribution in [3.63, 3.8) is 0 Å². The van der Waals surface area contributed by atoms with Crippen LogP contribution in [0, 0.1) is 0 Å². The summed E-state index contributed by atoms with van der Waals surface area (Å²) in [6.45, 7) is 9.02. The lowest BCUT2D eigenvalue weighted by atomic mass is 10.1. The number of hydrogen-bond donors (Lipinski definition) is 1. The van der Waals surface area contributed by atoms with Crippen molar-refractivity contribution in [1.29, 1.82) is 0 Å². The fourth-order valence-electron chi connectivity index (χ4n) is 1.35. The summed E-state index contributed by atoms with van der Waals surface area (Å²) in [7, 11) is 1.67. The molecule has 106 valence electrons. The van der Waals surface area contributed by atoms with E-state index in [2.05, 4.69) is 5.32 Å². The zero-order valence-electron chi connectivity index (χ0n) is 12.2. The molecule has 0 rings (SSSR count). The number of hydrogen-bond acceptors (Lipinski definition) is 5. The van der Waals surface area contributed by atoms with Crippen LogP contribution < -0.4 is 5.32 Å². The third-order valence-corrected chi connectivity index (χ3v) is 2.04. The van der Waals surface area contributed by atoms with Crippen molar-refractivity contribution in [2.45, 2.75) is 65.2 Å². The quantitative estimate of drug-likeness (QED) is 0.735. The first-order valence-electron chi connectivity index (χ1n) is 6.25. The second kappa shape index (κ2) is 7.36. The van der Waals surface area contributed by atoms with Crippen LogP contribution in [-0.2, 0) is 19.1 Å². The molecule has 0 aromatic carbocycles. The van der Waals surface area contributed by atoms with Crippen LogP contribution in [0.3, 0.4) is 0 Å². The zero-order chi connectivity index (χ0) is 14.3. The Bertz CT molecular complexity index is 281. The van der Waals surface area contributed by atoms with Gasteiger partial charge in [-0.15, -0.1) is 0 Å². The highest BCUT2D eigenvalue weighted by molar-refractivity contribution is 5.77. The number of carbonyl (C=O) groups is 2. The lowest BCUT2D eigenvalue weighted by molar-refractivity contribution is -0.155. The molecular formula is C13H25NO4. The predicted molar refractivity (Wildman–Crippen MR) is 69.2 cm³/mol. The maximum absolute atomic E-state index is 11.6. The van der Waals surface area contributed by atoms with Crippen LogP contribution in [0.1, 0.15) is 47.5 Å². The van der Waals surface area contributed by atoms with Crippen LogP contribution >= 0.6 is 0 Å². The van der Waals surface area contributed by atoms with E-state index in [0.717, 1.165) is 0 Å². The molecule has 5 heteroatoms. The number of ether oxygens (including phenoxy) is 2. The highest BCUT2D eigenvalue weighted by Crippen LogP contribution is 2.10. The van der Waals surface area contributed by atoms with E-state index in [1.165, 1.54) is 0 Å². The normalized spacial score (nSPS) is 13.3. The van der Waals surface area contributed by atoms with Gasteiger partial charge in [-0.3, -0.25) is 9.59 Å². The van der Waals surface area contributed by atoms with Gasteiger partial charge in [0.1, 0.15) is 11.6 Å². The summed E-state index contributed by atoms with van der Waals surface area (Å²) in [4.78, 5) is 23.2. The molecule has 0 radical (unpaired) electrons. The highest BCUT2D eigenvalue weighted by Gasteiger charge is 2.22. The summed E-state index contributed by atoms with van der Waals surface area (Å²) in [6, 6.07) is -0.472. The molecule has 0 saturated carbocycles. The molecule has 0 unspecified atom stereocenters. The Morgan fingerprint density at radius 2 is 1.78 bits per heavy atom. The monoisotopic (exact) mass is 259 g/mol. The second-order valence-electron chi connectivity index (χ2n) is 5.45. The van der Waals surface area contributed by atoms with Gasteiger partial charge in [0, 0.05) is 6.42 Å². The number of esters is 2. The van der Waals surface area contributed by atoms with E-state index in [-0.39, 0.29) is 24.5 Å². The maximum Gasteiger partial charge on any atom is 0.323 e. The van der Waals surface area contributed by atoms with Crippen molar-refractivity contribution in [1.82, 2.24) is 5.32 Å². The van der Waals surface area contributed by atoms with Crippen LogP contribution in [0.5, 0.6) is 0 Å². The highest BCUT2D eigenvalue weighted by atomic mass is 16.6. The van der Waals surface area contributed by atoms with Crippen molar-refractivity contribution in [3.8, 4) is 0 Å². The summed E-state index contributed by atoms with van der Waals surface area (Å²) in [5.41, 5.74) is -0.495. The molecule has 18 heavy (non-hydrogen) atoms. The van der Waals surface area contributed by atoms with E-state index in [1.807, 2.05) is 20.8 Å². The van der Waals surface area contributed by atoms with Crippen LogP contribution in [0.15, 0.2) is 0 Å². The molecule has 0 spiro atoms. The van der Waals surface area contributed by atoms with Gasteiger partial charge in [-0.05, 0) is 48.1 Å². The summed E-state index contributed by atoms with van der Waals surface area (Å²) >= 11 is 0. The molecule has 0 aliphatic heterocycles. The van der Waals surface area contributed by atoms with E-state index in [4.69, 9.17) is 9.47 Å². The number of likely N-dealkylation sites (N-methyl/N-ethyl adjacent to an activating group) is 1. The molecule has 0 saturated heterocycles. The van der Waals surface area contributed by atoms with Gasteiger partial charge in [0.05, 0.1) is 6.10 Å². The first kappa shape index (κ1) is 16.9. The van der Waals surface area contributed by atoms with Gasteiger partial charge >= 0.3 is 11.9 Å². The van der Waals surface area contributed by atoms with E-state index >= 15 is 0 Å². The Hall–Kier alpha value is -1.10. The van der Waals surface area contributed by atoms with Gasteiger partial charge < -0.3 is 14.8 Å². The smallest absolute Gasteiger partial charge is 0.323 e. The molecule has 0 fully saturated rings. The molecule has 0 amide bonds. The average molecular weight is 259 g/mol.